The maximum absolute atomic E-state index is 12.9. The highest BCUT2D eigenvalue weighted by Crippen LogP contribution is 2.31. The van der Waals surface area contributed by atoms with Crippen molar-refractivity contribution in [2.24, 2.45) is 0 Å². The van der Waals surface area contributed by atoms with Crippen LogP contribution in [0.4, 0.5) is 5.69 Å². The van der Waals surface area contributed by atoms with Crippen LogP contribution >= 0.6 is 0 Å². The lowest BCUT2D eigenvalue weighted by Gasteiger charge is -2.40. The fraction of sp³-hybridized carbons (Fsp3) is 0.360. The van der Waals surface area contributed by atoms with E-state index in [1.54, 1.807) is 30.3 Å². The maximum atomic E-state index is 12.9. The Morgan fingerprint density at radius 2 is 1.55 bits per heavy atom. The second-order valence-corrected chi connectivity index (χ2v) is 8.11. The average Bonchev–Trinajstić information content (AvgIpc) is 2.85. The summed E-state index contributed by atoms with van der Waals surface area (Å²) >= 11 is 0. The van der Waals surface area contributed by atoms with Gasteiger partial charge in [-0.05, 0) is 11.6 Å². The van der Waals surface area contributed by atoms with Crippen molar-refractivity contribution in [2.75, 3.05) is 6.61 Å². The Bertz CT molecular complexity index is 1200. The molecule has 0 radical (unpaired) electrons. The molecule has 0 amide bonds. The van der Waals surface area contributed by atoms with E-state index in [1.165, 1.54) is 0 Å². The maximum Gasteiger partial charge on any atom is 0.342 e. The zero-order valence-electron chi connectivity index (χ0n) is 20.7. The molecule has 13 nitrogen and oxygen atoms in total. The molecule has 4 atom stereocenters. The molecule has 1 heterocycles. The normalized spacial score (nSPS) is 20.5. The summed E-state index contributed by atoms with van der Waals surface area (Å²) in [6.07, 6.45) is -5.34. The molecule has 202 valence electrons. The summed E-state index contributed by atoms with van der Waals surface area (Å²) < 4.78 is 32.4. The molecule has 0 aliphatic carbocycles. The van der Waals surface area contributed by atoms with E-state index in [2.05, 4.69) is 0 Å². The molecule has 1 saturated heterocycles. The van der Waals surface area contributed by atoms with Crippen LogP contribution in [0.25, 0.3) is 0 Å². The Morgan fingerprint density at radius 3 is 2.16 bits per heavy atom. The van der Waals surface area contributed by atoms with Gasteiger partial charge < -0.3 is 28.4 Å². The van der Waals surface area contributed by atoms with Gasteiger partial charge in [-0.15, -0.1) is 0 Å². The summed E-state index contributed by atoms with van der Waals surface area (Å²) in [4.78, 5) is 58.7. The zero-order chi connectivity index (χ0) is 27.8. The van der Waals surface area contributed by atoms with Crippen LogP contribution in [0.3, 0.4) is 0 Å². The number of esters is 4. The highest BCUT2D eigenvalue weighted by atomic mass is 16.7. The minimum Gasteiger partial charge on any atom is -0.460 e. The van der Waals surface area contributed by atoms with Crippen molar-refractivity contribution in [3.63, 3.8) is 0 Å². The number of nitrogens with zero attached hydrogens (tertiary/aromatic N) is 1. The summed E-state index contributed by atoms with van der Waals surface area (Å²) in [6.45, 7) is 2.91. The standard InChI is InChI=1S/C25H25NO12/c1-14(27)35-21-13-34-25(23(37-16(3)29)22(21)36-15(2)28)38-20-10-9-18(26(31)32)11-19(20)24(30)33-12-17-7-5-4-6-8-17/h4-11,21-23,25H,12-13H2,1-3H3/t21-,22+,23-,25+/m1/s1. The number of carbonyl (C=O) groups excluding carboxylic acids is 4. The fourth-order valence-corrected chi connectivity index (χ4v) is 3.63. The molecule has 38 heavy (non-hydrogen) atoms. The lowest BCUT2D eigenvalue weighted by atomic mass is 10.0. The predicted molar refractivity (Wildman–Crippen MR) is 126 cm³/mol. The quantitative estimate of drug-likeness (QED) is 0.201. The van der Waals surface area contributed by atoms with Gasteiger partial charge in [-0.1, -0.05) is 30.3 Å². The minimum atomic E-state index is -1.46. The second-order valence-electron chi connectivity index (χ2n) is 8.11. The Kier molecular flexibility index (Phi) is 9.33. The first-order valence-corrected chi connectivity index (χ1v) is 11.3. The third-order valence-corrected chi connectivity index (χ3v) is 5.15. The summed E-state index contributed by atoms with van der Waals surface area (Å²) in [6, 6.07) is 12.0. The first-order chi connectivity index (χ1) is 18.0. The Morgan fingerprint density at radius 1 is 0.921 bits per heavy atom. The van der Waals surface area contributed by atoms with Crippen LogP contribution in [0.1, 0.15) is 36.7 Å². The molecule has 0 spiro atoms. The van der Waals surface area contributed by atoms with E-state index in [-0.39, 0.29) is 24.5 Å². The van der Waals surface area contributed by atoms with Crippen LogP contribution in [-0.4, -0.2) is 60.0 Å². The SMILES string of the molecule is CC(=O)O[C@@H]1[C@@H](OC(C)=O)[C@H](Oc2ccc([N+](=O)[O-])cc2C(=O)OCc2ccccc2)OC[C@H]1OC(C)=O. The Hall–Kier alpha value is -4.52. The van der Waals surface area contributed by atoms with Crippen LogP contribution in [-0.2, 0) is 44.7 Å². The molecule has 2 aromatic carbocycles. The molecular formula is C25H25NO12. The van der Waals surface area contributed by atoms with Crippen LogP contribution in [0.15, 0.2) is 48.5 Å². The number of nitro groups is 1. The van der Waals surface area contributed by atoms with Crippen LogP contribution < -0.4 is 4.74 Å². The third-order valence-electron chi connectivity index (χ3n) is 5.15. The topological polar surface area (TPSA) is 167 Å². The van der Waals surface area contributed by atoms with Gasteiger partial charge in [0.25, 0.3) is 5.69 Å². The van der Waals surface area contributed by atoms with Gasteiger partial charge in [0.1, 0.15) is 17.9 Å². The van der Waals surface area contributed by atoms with Crippen LogP contribution in [0.5, 0.6) is 5.75 Å². The molecule has 0 aromatic heterocycles. The van der Waals surface area contributed by atoms with Gasteiger partial charge in [0.2, 0.25) is 12.4 Å². The van der Waals surface area contributed by atoms with Crippen molar-refractivity contribution in [1.82, 2.24) is 0 Å². The molecule has 0 bridgehead atoms. The molecule has 0 N–H and O–H groups in total. The highest BCUT2D eigenvalue weighted by Gasteiger charge is 2.48. The lowest BCUT2D eigenvalue weighted by molar-refractivity contribution is -0.384. The van der Waals surface area contributed by atoms with E-state index in [0.29, 0.717) is 5.56 Å². The number of ether oxygens (including phenoxy) is 6. The van der Waals surface area contributed by atoms with E-state index in [0.717, 1.165) is 39.0 Å². The van der Waals surface area contributed by atoms with Crippen LogP contribution in [0, 0.1) is 10.1 Å². The minimum absolute atomic E-state index is 0.115. The highest BCUT2D eigenvalue weighted by molar-refractivity contribution is 5.93. The summed E-state index contributed by atoms with van der Waals surface area (Å²) in [5.74, 6) is -3.37. The van der Waals surface area contributed by atoms with E-state index < -0.39 is 59.1 Å². The first kappa shape index (κ1) is 28.1. The van der Waals surface area contributed by atoms with Crippen molar-refractivity contribution in [1.29, 1.82) is 0 Å². The largest absolute Gasteiger partial charge is 0.460 e. The van der Waals surface area contributed by atoms with Gasteiger partial charge in [0.05, 0.1) is 11.5 Å². The molecule has 1 fully saturated rings. The average molecular weight is 531 g/mol. The molecule has 1 aliphatic heterocycles. The summed E-state index contributed by atoms with van der Waals surface area (Å²) in [7, 11) is 0. The van der Waals surface area contributed by atoms with E-state index in [1.807, 2.05) is 0 Å². The molecule has 0 unspecified atom stereocenters. The fourth-order valence-electron chi connectivity index (χ4n) is 3.63. The molecular weight excluding hydrogens is 506 g/mol. The van der Waals surface area contributed by atoms with Crippen molar-refractivity contribution in [3.05, 3.63) is 69.8 Å². The van der Waals surface area contributed by atoms with E-state index >= 15 is 0 Å². The number of rotatable bonds is 9. The van der Waals surface area contributed by atoms with Crippen molar-refractivity contribution >= 4 is 29.6 Å². The van der Waals surface area contributed by atoms with Gasteiger partial charge in [-0.25, -0.2) is 4.79 Å². The molecule has 2 aromatic rings. The van der Waals surface area contributed by atoms with Crippen molar-refractivity contribution in [2.45, 2.75) is 52.0 Å². The molecule has 1 aliphatic rings. The number of carbonyl (C=O) groups is 4. The number of hydrogen-bond donors (Lipinski definition) is 0. The van der Waals surface area contributed by atoms with Gasteiger partial charge >= 0.3 is 23.9 Å². The predicted octanol–water partition coefficient (Wildman–Crippen LogP) is 2.48. The first-order valence-electron chi connectivity index (χ1n) is 11.3. The smallest absolute Gasteiger partial charge is 0.342 e. The Balaban J connectivity index is 1.92. The summed E-state index contributed by atoms with van der Waals surface area (Å²) in [5.41, 5.74) is -0.0238. The number of benzene rings is 2. The summed E-state index contributed by atoms with van der Waals surface area (Å²) in [5, 5.41) is 11.3. The van der Waals surface area contributed by atoms with Crippen LogP contribution in [0.2, 0.25) is 0 Å². The van der Waals surface area contributed by atoms with Crippen molar-refractivity contribution in [3.8, 4) is 5.75 Å². The van der Waals surface area contributed by atoms with Gasteiger partial charge in [0, 0.05) is 32.9 Å². The number of non-ortho nitro benzene ring substituents is 1. The number of nitro benzene ring substituents is 1. The van der Waals surface area contributed by atoms with Gasteiger partial charge in [-0.2, -0.15) is 0 Å². The van der Waals surface area contributed by atoms with Crippen molar-refractivity contribution < 1.29 is 52.5 Å². The lowest BCUT2D eigenvalue weighted by Crippen LogP contribution is -2.59. The van der Waals surface area contributed by atoms with E-state index in [9.17, 15) is 29.3 Å². The van der Waals surface area contributed by atoms with Gasteiger partial charge in [-0.3, -0.25) is 24.5 Å². The third kappa shape index (κ3) is 7.49. The molecule has 13 heteroatoms. The molecule has 3 rings (SSSR count). The number of hydrogen-bond acceptors (Lipinski definition) is 12. The van der Waals surface area contributed by atoms with Gasteiger partial charge in [0.15, 0.2) is 12.2 Å². The Labute approximate surface area is 216 Å². The molecule has 0 saturated carbocycles. The van der Waals surface area contributed by atoms with E-state index in [4.69, 9.17) is 28.4 Å². The zero-order valence-corrected chi connectivity index (χ0v) is 20.7. The second kappa shape index (κ2) is 12.6. The monoisotopic (exact) mass is 531 g/mol.